The van der Waals surface area contributed by atoms with Gasteiger partial charge >= 0.3 is 0 Å². The molecule has 5 heteroatoms. The molecule has 2 bridgehead atoms. The molecule has 2 aromatic rings. The highest BCUT2D eigenvalue weighted by atomic mass is 16.5. The zero-order chi connectivity index (χ0) is 17.9. The normalized spacial score (nSPS) is 21.5. The fraction of sp³-hybridized carbons (Fsp3) is 0.476. The minimum atomic E-state index is 0.487. The van der Waals surface area contributed by atoms with E-state index in [1.54, 1.807) is 14.2 Å². The molecule has 1 aromatic carbocycles. The van der Waals surface area contributed by atoms with Crippen molar-refractivity contribution in [1.82, 2.24) is 9.88 Å². The van der Waals surface area contributed by atoms with Crippen LogP contribution >= 0.6 is 0 Å². The second-order valence-corrected chi connectivity index (χ2v) is 6.99. The predicted molar refractivity (Wildman–Crippen MR) is 99.6 cm³/mol. The van der Waals surface area contributed by atoms with Crippen LogP contribution in [0.25, 0.3) is 0 Å². The van der Waals surface area contributed by atoms with Crippen molar-refractivity contribution in [2.45, 2.75) is 37.9 Å². The van der Waals surface area contributed by atoms with Crippen LogP contribution in [0.5, 0.6) is 11.5 Å². The standard InChI is InChI=1S/C21H26N2O3/c1-24-10-11-26-20-8-5-15(12-21(20)25-2)14-23-16-6-7-19(23)17-4-3-9-22-18(17)13-16/h3-5,8-9,12,16,19H,6-7,10-11,13-14H2,1-2H3. The van der Waals surface area contributed by atoms with E-state index in [0.717, 1.165) is 24.5 Å². The Labute approximate surface area is 154 Å². The maximum absolute atomic E-state index is 5.74. The van der Waals surface area contributed by atoms with Gasteiger partial charge in [0, 0.05) is 44.0 Å². The molecule has 0 saturated carbocycles. The molecule has 1 aromatic heterocycles. The first-order valence-electron chi connectivity index (χ1n) is 9.28. The number of ether oxygens (including phenoxy) is 3. The molecular weight excluding hydrogens is 328 g/mol. The number of rotatable bonds is 7. The van der Waals surface area contributed by atoms with Gasteiger partial charge in [-0.25, -0.2) is 0 Å². The molecule has 138 valence electrons. The van der Waals surface area contributed by atoms with Crippen LogP contribution < -0.4 is 9.47 Å². The molecule has 2 aliphatic rings. The molecule has 0 aliphatic carbocycles. The third-order valence-electron chi connectivity index (χ3n) is 5.49. The zero-order valence-corrected chi connectivity index (χ0v) is 15.5. The molecule has 0 spiro atoms. The molecule has 0 radical (unpaired) electrons. The third-order valence-corrected chi connectivity index (χ3v) is 5.49. The molecule has 0 amide bonds. The number of hydrogen-bond donors (Lipinski definition) is 0. The van der Waals surface area contributed by atoms with E-state index >= 15 is 0 Å². The summed E-state index contributed by atoms with van der Waals surface area (Å²) in [6, 6.07) is 11.6. The maximum Gasteiger partial charge on any atom is 0.161 e. The highest BCUT2D eigenvalue weighted by Crippen LogP contribution is 2.44. The molecule has 2 aliphatic heterocycles. The van der Waals surface area contributed by atoms with E-state index in [-0.39, 0.29) is 0 Å². The first kappa shape index (κ1) is 17.3. The summed E-state index contributed by atoms with van der Waals surface area (Å²) in [4.78, 5) is 7.23. The molecule has 1 fully saturated rings. The first-order valence-corrected chi connectivity index (χ1v) is 9.28. The van der Waals surface area contributed by atoms with Crippen molar-refractivity contribution >= 4 is 0 Å². The average Bonchev–Trinajstić information content (AvgIpc) is 2.94. The summed E-state index contributed by atoms with van der Waals surface area (Å²) in [6.07, 6.45) is 5.44. The molecule has 1 saturated heterocycles. The Morgan fingerprint density at radius 1 is 1.12 bits per heavy atom. The molecular formula is C21H26N2O3. The third kappa shape index (κ3) is 3.29. The number of fused-ring (bicyclic) bond motifs is 4. The fourth-order valence-corrected chi connectivity index (χ4v) is 4.25. The quantitative estimate of drug-likeness (QED) is 0.713. The lowest BCUT2D eigenvalue weighted by molar-refractivity contribution is 0.144. The van der Waals surface area contributed by atoms with Gasteiger partial charge in [-0.1, -0.05) is 12.1 Å². The Bertz CT molecular complexity index is 765. The second-order valence-electron chi connectivity index (χ2n) is 6.99. The number of methoxy groups -OCH3 is 2. The van der Waals surface area contributed by atoms with Gasteiger partial charge in [-0.3, -0.25) is 9.88 Å². The molecule has 26 heavy (non-hydrogen) atoms. The molecule has 5 nitrogen and oxygen atoms in total. The Morgan fingerprint density at radius 3 is 2.88 bits per heavy atom. The van der Waals surface area contributed by atoms with Crippen molar-refractivity contribution in [2.24, 2.45) is 0 Å². The minimum absolute atomic E-state index is 0.487. The lowest BCUT2D eigenvalue weighted by Crippen LogP contribution is -2.37. The number of nitrogens with zero attached hydrogens (tertiary/aromatic N) is 2. The van der Waals surface area contributed by atoms with Gasteiger partial charge in [0.2, 0.25) is 0 Å². The van der Waals surface area contributed by atoms with Crippen LogP contribution in [-0.2, 0) is 17.7 Å². The van der Waals surface area contributed by atoms with E-state index in [0.29, 0.717) is 25.3 Å². The van der Waals surface area contributed by atoms with Gasteiger partial charge in [-0.2, -0.15) is 0 Å². The van der Waals surface area contributed by atoms with Gasteiger partial charge in [-0.15, -0.1) is 0 Å². The monoisotopic (exact) mass is 354 g/mol. The van der Waals surface area contributed by atoms with Crippen LogP contribution in [-0.4, -0.2) is 43.4 Å². The van der Waals surface area contributed by atoms with Crippen LogP contribution in [0.2, 0.25) is 0 Å². The van der Waals surface area contributed by atoms with Crippen LogP contribution in [0.4, 0.5) is 0 Å². The van der Waals surface area contributed by atoms with Crippen molar-refractivity contribution < 1.29 is 14.2 Å². The lowest BCUT2D eigenvalue weighted by Gasteiger charge is -2.35. The Kier molecular flexibility index (Phi) is 5.09. The lowest BCUT2D eigenvalue weighted by atomic mass is 9.97. The van der Waals surface area contributed by atoms with Crippen LogP contribution in [0, 0.1) is 0 Å². The van der Waals surface area contributed by atoms with Crippen LogP contribution in [0.3, 0.4) is 0 Å². The molecule has 3 heterocycles. The van der Waals surface area contributed by atoms with Gasteiger partial charge < -0.3 is 14.2 Å². The van der Waals surface area contributed by atoms with Gasteiger partial charge in [0.1, 0.15) is 6.61 Å². The van der Waals surface area contributed by atoms with E-state index in [2.05, 4.69) is 34.1 Å². The number of benzene rings is 1. The summed E-state index contributed by atoms with van der Waals surface area (Å²) in [5.74, 6) is 1.55. The first-order chi connectivity index (χ1) is 12.8. The summed E-state index contributed by atoms with van der Waals surface area (Å²) in [7, 11) is 3.36. The zero-order valence-electron chi connectivity index (χ0n) is 15.5. The summed E-state index contributed by atoms with van der Waals surface area (Å²) < 4.78 is 16.3. The number of pyridine rings is 1. The largest absolute Gasteiger partial charge is 0.493 e. The van der Waals surface area contributed by atoms with E-state index in [1.165, 1.54) is 29.7 Å². The van der Waals surface area contributed by atoms with Crippen LogP contribution in [0.1, 0.15) is 35.7 Å². The highest BCUT2D eigenvalue weighted by molar-refractivity contribution is 5.43. The maximum atomic E-state index is 5.74. The van der Waals surface area contributed by atoms with Gasteiger partial charge in [0.25, 0.3) is 0 Å². The smallest absolute Gasteiger partial charge is 0.161 e. The van der Waals surface area contributed by atoms with Gasteiger partial charge in [0.05, 0.1) is 13.7 Å². The average molecular weight is 354 g/mol. The van der Waals surface area contributed by atoms with Crippen LogP contribution in [0.15, 0.2) is 36.5 Å². The Morgan fingerprint density at radius 2 is 2.04 bits per heavy atom. The van der Waals surface area contributed by atoms with Gasteiger partial charge in [0.15, 0.2) is 11.5 Å². The Hall–Kier alpha value is -2.11. The highest BCUT2D eigenvalue weighted by Gasteiger charge is 2.40. The second kappa shape index (κ2) is 7.64. The van der Waals surface area contributed by atoms with Crippen molar-refractivity contribution in [3.63, 3.8) is 0 Å². The van der Waals surface area contributed by atoms with Gasteiger partial charge in [-0.05, 0) is 42.2 Å². The predicted octanol–water partition coefficient (Wildman–Crippen LogP) is 3.38. The van der Waals surface area contributed by atoms with Crippen molar-refractivity contribution in [3.8, 4) is 11.5 Å². The van der Waals surface area contributed by atoms with E-state index in [9.17, 15) is 0 Å². The van der Waals surface area contributed by atoms with E-state index in [1.807, 2.05) is 12.3 Å². The fourth-order valence-electron chi connectivity index (χ4n) is 4.25. The summed E-state index contributed by atoms with van der Waals surface area (Å²) in [6.45, 7) is 2.01. The van der Waals surface area contributed by atoms with E-state index in [4.69, 9.17) is 14.2 Å². The van der Waals surface area contributed by atoms with E-state index < -0.39 is 0 Å². The minimum Gasteiger partial charge on any atom is -0.493 e. The summed E-state index contributed by atoms with van der Waals surface area (Å²) >= 11 is 0. The SMILES string of the molecule is COCCOc1ccc(CN2C3CCC2c2cccnc2C3)cc1OC. The number of aromatic nitrogens is 1. The Balaban J connectivity index is 1.51. The molecule has 2 atom stereocenters. The molecule has 4 rings (SSSR count). The van der Waals surface area contributed by atoms with Crippen molar-refractivity contribution in [1.29, 1.82) is 0 Å². The number of hydrogen-bond acceptors (Lipinski definition) is 5. The summed E-state index contributed by atoms with van der Waals surface area (Å²) in [5, 5.41) is 0. The van der Waals surface area contributed by atoms with Crippen molar-refractivity contribution in [2.75, 3.05) is 27.4 Å². The molecule has 0 N–H and O–H groups in total. The van der Waals surface area contributed by atoms with Crippen molar-refractivity contribution in [3.05, 3.63) is 53.3 Å². The molecule has 2 unspecified atom stereocenters. The topological polar surface area (TPSA) is 43.8 Å². The summed E-state index contributed by atoms with van der Waals surface area (Å²) in [5.41, 5.74) is 3.95.